The number of anilines is 1. The lowest BCUT2D eigenvalue weighted by atomic mass is 9.76. The van der Waals surface area contributed by atoms with Crippen molar-refractivity contribution in [3.05, 3.63) is 29.8 Å². The highest BCUT2D eigenvalue weighted by Crippen LogP contribution is 2.41. The second kappa shape index (κ2) is 16.2. The molecule has 248 valence electrons. The van der Waals surface area contributed by atoms with Crippen LogP contribution in [0.2, 0.25) is 0 Å². The zero-order chi connectivity index (χ0) is 32.6. The molecule has 2 heterocycles. The number of nitrogens with two attached hydrogens (primary N) is 2. The molecule has 1 aromatic carbocycles. The predicted octanol–water partition coefficient (Wildman–Crippen LogP) is 5.52. The zero-order valence-corrected chi connectivity index (χ0v) is 28.1. The van der Waals surface area contributed by atoms with E-state index < -0.39 is 29.8 Å². The number of nitrogens with zero attached hydrogens (tertiary/aromatic N) is 1. The van der Waals surface area contributed by atoms with Gasteiger partial charge in [-0.3, -0.25) is 9.59 Å². The fourth-order valence-electron chi connectivity index (χ4n) is 7.32. The van der Waals surface area contributed by atoms with Crippen molar-refractivity contribution in [2.24, 2.45) is 35.3 Å². The molecule has 44 heavy (non-hydrogen) atoms. The van der Waals surface area contributed by atoms with Crippen LogP contribution in [0.1, 0.15) is 98.6 Å². The van der Waals surface area contributed by atoms with Crippen molar-refractivity contribution in [3.8, 4) is 0 Å². The normalized spacial score (nSPS) is 33.3. The zero-order valence-electron chi connectivity index (χ0n) is 28.1. The van der Waals surface area contributed by atoms with E-state index in [2.05, 4.69) is 12.2 Å². The monoisotopic (exact) mass is 614 g/mol. The lowest BCUT2D eigenvalue weighted by molar-refractivity contribution is -0.140. The van der Waals surface area contributed by atoms with Gasteiger partial charge in [-0.25, -0.2) is 4.79 Å². The lowest BCUT2D eigenvalue weighted by Gasteiger charge is -2.41. The lowest BCUT2D eigenvalue weighted by Crippen LogP contribution is -2.57. The number of nitrogen functional groups attached to an aromatic ring is 1. The highest BCUT2D eigenvalue weighted by atomic mass is 16.6. The molecule has 2 saturated heterocycles. The minimum atomic E-state index is -1.02. The van der Waals surface area contributed by atoms with Crippen LogP contribution in [0.3, 0.4) is 0 Å². The van der Waals surface area contributed by atoms with Crippen LogP contribution in [-0.2, 0) is 19.1 Å². The highest BCUT2D eigenvalue weighted by molar-refractivity contribution is 5.85. The molecular weight excluding hydrogens is 556 g/mol. The molecule has 9 heteroatoms. The van der Waals surface area contributed by atoms with Crippen molar-refractivity contribution < 1.29 is 23.9 Å². The van der Waals surface area contributed by atoms with E-state index in [0.717, 1.165) is 44.2 Å². The fraction of sp³-hybridized carbons (Fsp3) is 0.743. The van der Waals surface area contributed by atoms with Gasteiger partial charge in [0.25, 0.3) is 0 Å². The third kappa shape index (κ3) is 8.82. The van der Waals surface area contributed by atoms with Crippen molar-refractivity contribution in [2.75, 3.05) is 32.0 Å². The molecule has 9 atom stereocenters. The van der Waals surface area contributed by atoms with Gasteiger partial charge in [0.05, 0.1) is 18.8 Å². The van der Waals surface area contributed by atoms with Crippen molar-refractivity contribution in [2.45, 2.75) is 111 Å². The molecule has 0 spiro atoms. The van der Waals surface area contributed by atoms with Crippen LogP contribution >= 0.6 is 0 Å². The maximum Gasteiger partial charge on any atom is 0.410 e. The van der Waals surface area contributed by atoms with E-state index >= 15 is 0 Å². The molecule has 5 N–H and O–H groups in total. The Morgan fingerprint density at radius 3 is 2.43 bits per heavy atom. The summed E-state index contributed by atoms with van der Waals surface area (Å²) in [6.45, 7) is 16.0. The summed E-state index contributed by atoms with van der Waals surface area (Å²) in [5.74, 6) is -0.232. The largest absolute Gasteiger partial charge is 0.438 e. The summed E-state index contributed by atoms with van der Waals surface area (Å²) in [5.41, 5.74) is 12.9. The Morgan fingerprint density at radius 1 is 1.02 bits per heavy atom. The number of hydrogen-bond donors (Lipinski definition) is 3. The number of nitrogens with one attached hydrogen (secondary N) is 1. The van der Waals surface area contributed by atoms with Gasteiger partial charge in [0.1, 0.15) is 11.6 Å². The number of Topliss-reactive ketones (excluding diaryl/α,β-unsaturated/α-hetero) is 2. The van der Waals surface area contributed by atoms with Gasteiger partial charge in [0, 0.05) is 48.5 Å². The number of unbranched alkanes of at least 4 members (excludes halogenated alkanes) is 1. The number of hydrogen-bond acceptors (Lipinski definition) is 8. The molecule has 0 radical (unpaired) electrons. The number of carbonyl (C=O) groups excluding carboxylic acids is 3. The van der Waals surface area contributed by atoms with Crippen LogP contribution in [-0.4, -0.2) is 66.5 Å². The molecular formula is C35H58N4O5. The van der Waals surface area contributed by atoms with E-state index in [0.29, 0.717) is 31.1 Å². The molecule has 0 aliphatic carbocycles. The van der Waals surface area contributed by atoms with Crippen LogP contribution < -0.4 is 16.8 Å². The first-order chi connectivity index (χ1) is 20.8. The van der Waals surface area contributed by atoms with Crippen molar-refractivity contribution in [1.29, 1.82) is 0 Å². The number of fused-ring (bicyclic) bond motifs is 1. The SMILES string of the molecule is CCC1OCC(C)C(=O)C(C)CCC(C)CC(C)C(=O)C(C)C2N(CCCCNCC(N)c3cccc(N)c3)C(=O)OC12C. The van der Waals surface area contributed by atoms with Crippen molar-refractivity contribution in [1.82, 2.24) is 10.2 Å². The molecule has 2 aliphatic heterocycles. The van der Waals surface area contributed by atoms with Crippen LogP contribution in [0.15, 0.2) is 24.3 Å². The first kappa shape index (κ1) is 36.0. The molecule has 0 saturated carbocycles. The van der Waals surface area contributed by atoms with Crippen LogP contribution in [0, 0.1) is 29.6 Å². The van der Waals surface area contributed by atoms with Gasteiger partial charge in [-0.15, -0.1) is 0 Å². The van der Waals surface area contributed by atoms with Gasteiger partial charge in [0.15, 0.2) is 5.60 Å². The standard InChI is InChI=1S/C35H58N4O5/c1-8-30-35(7)33(26(6)32(41)24(4)18-22(2)14-15-23(3)31(40)25(5)21-43-30)39(34(42)44-35)17-10-9-16-38-20-29(37)27-12-11-13-28(36)19-27/h11-13,19,22-26,29-30,33,38H,8-10,14-18,20-21,36-37H2,1-7H3. The first-order valence-corrected chi connectivity index (χ1v) is 16.8. The predicted molar refractivity (Wildman–Crippen MR) is 175 cm³/mol. The summed E-state index contributed by atoms with van der Waals surface area (Å²) in [4.78, 5) is 42.3. The summed E-state index contributed by atoms with van der Waals surface area (Å²) < 4.78 is 12.6. The van der Waals surface area contributed by atoms with E-state index in [-0.39, 0.29) is 42.0 Å². The number of ketones is 2. The fourth-order valence-corrected chi connectivity index (χ4v) is 7.32. The minimum absolute atomic E-state index is 0.0586. The second-order valence-corrected chi connectivity index (χ2v) is 13.8. The van der Waals surface area contributed by atoms with E-state index in [9.17, 15) is 14.4 Å². The van der Waals surface area contributed by atoms with Crippen LogP contribution in [0.5, 0.6) is 0 Å². The van der Waals surface area contributed by atoms with Gasteiger partial charge >= 0.3 is 6.09 Å². The Bertz CT molecular complexity index is 1110. The van der Waals surface area contributed by atoms with E-state index in [1.165, 1.54) is 0 Å². The Labute approximate surface area is 265 Å². The van der Waals surface area contributed by atoms with Crippen LogP contribution in [0.4, 0.5) is 10.5 Å². The minimum Gasteiger partial charge on any atom is -0.438 e. The summed E-state index contributed by atoms with van der Waals surface area (Å²) in [5, 5.41) is 3.42. The first-order valence-electron chi connectivity index (χ1n) is 16.8. The van der Waals surface area contributed by atoms with Crippen LogP contribution in [0.25, 0.3) is 0 Å². The molecule has 9 nitrogen and oxygen atoms in total. The van der Waals surface area contributed by atoms with Gasteiger partial charge in [0.2, 0.25) is 0 Å². The number of ether oxygens (including phenoxy) is 2. The van der Waals surface area contributed by atoms with Crippen molar-refractivity contribution >= 4 is 23.3 Å². The average molecular weight is 615 g/mol. The Balaban J connectivity index is 1.73. The number of amides is 1. The topological polar surface area (TPSA) is 137 Å². The number of carbonyl (C=O) groups is 3. The van der Waals surface area contributed by atoms with Gasteiger partial charge in [-0.05, 0) is 69.2 Å². The van der Waals surface area contributed by atoms with E-state index in [4.69, 9.17) is 20.9 Å². The third-order valence-corrected chi connectivity index (χ3v) is 9.96. The molecule has 0 bridgehead atoms. The second-order valence-electron chi connectivity index (χ2n) is 13.8. The number of benzene rings is 1. The van der Waals surface area contributed by atoms with E-state index in [1.54, 1.807) is 4.90 Å². The molecule has 3 rings (SSSR count). The quantitative estimate of drug-likeness (QED) is 0.244. The molecule has 2 fully saturated rings. The Hall–Kier alpha value is -2.49. The number of rotatable bonds is 9. The maximum atomic E-state index is 13.9. The summed E-state index contributed by atoms with van der Waals surface area (Å²) in [7, 11) is 0. The van der Waals surface area contributed by atoms with E-state index in [1.807, 2.05) is 65.8 Å². The smallest absolute Gasteiger partial charge is 0.410 e. The van der Waals surface area contributed by atoms with Gasteiger partial charge in [-0.1, -0.05) is 60.1 Å². The molecule has 1 aromatic rings. The van der Waals surface area contributed by atoms with Gasteiger partial charge in [-0.2, -0.15) is 0 Å². The Kier molecular flexibility index (Phi) is 13.2. The average Bonchev–Trinajstić information content (AvgIpc) is 3.25. The summed E-state index contributed by atoms with van der Waals surface area (Å²) in [6, 6.07) is 6.99. The Morgan fingerprint density at radius 2 is 1.75 bits per heavy atom. The highest BCUT2D eigenvalue weighted by Gasteiger charge is 2.58. The summed E-state index contributed by atoms with van der Waals surface area (Å²) in [6.07, 6.45) is 3.79. The molecule has 9 unspecified atom stereocenters. The molecule has 1 amide bonds. The maximum absolute atomic E-state index is 13.9. The molecule has 2 aliphatic rings. The molecule has 0 aromatic heterocycles. The summed E-state index contributed by atoms with van der Waals surface area (Å²) >= 11 is 0. The van der Waals surface area contributed by atoms with Crippen molar-refractivity contribution in [3.63, 3.8) is 0 Å². The van der Waals surface area contributed by atoms with Gasteiger partial charge < -0.3 is 31.2 Å². The third-order valence-electron chi connectivity index (χ3n) is 9.96.